The molecule has 0 aliphatic heterocycles. The second-order valence-electron chi connectivity index (χ2n) is 3.73. The molecule has 0 atom stereocenters. The Bertz CT molecular complexity index is 563. The Kier molecular flexibility index (Phi) is 3.34. The number of imidazole rings is 1. The highest BCUT2D eigenvalue weighted by molar-refractivity contribution is 9.10. The van der Waals surface area contributed by atoms with Crippen LogP contribution in [0.5, 0.6) is 0 Å². The monoisotopic (exact) mass is 319 g/mol. The molecule has 0 unspecified atom stereocenters. The number of nitrogens with zero attached hydrogens (tertiary/aromatic N) is 1. The summed E-state index contributed by atoms with van der Waals surface area (Å²) in [5, 5.41) is 2.62. The normalized spacial score (nSPS) is 11.6. The van der Waals surface area contributed by atoms with Gasteiger partial charge in [-0.3, -0.25) is 0 Å². The number of aromatic nitrogens is 2. The molecule has 0 radical (unpaired) electrons. The molecule has 1 aromatic carbocycles. The molecule has 0 fully saturated rings. The number of aromatic amines is 1. The molecule has 2 aromatic rings. The number of hydrogen-bond acceptors (Lipinski definition) is 2. The van der Waals surface area contributed by atoms with Gasteiger partial charge in [0.2, 0.25) is 5.95 Å². The molecule has 0 saturated heterocycles. The van der Waals surface area contributed by atoms with Crippen LogP contribution in [0.25, 0.3) is 0 Å². The van der Waals surface area contributed by atoms with Crippen LogP contribution in [0.3, 0.4) is 0 Å². The average Bonchev–Trinajstić information content (AvgIpc) is 2.65. The van der Waals surface area contributed by atoms with Gasteiger partial charge in [-0.25, -0.2) is 4.98 Å². The highest BCUT2D eigenvalue weighted by atomic mass is 79.9. The van der Waals surface area contributed by atoms with Crippen LogP contribution in [-0.2, 0) is 6.18 Å². The Morgan fingerprint density at radius 2 is 2.06 bits per heavy atom. The van der Waals surface area contributed by atoms with Crippen molar-refractivity contribution in [1.29, 1.82) is 0 Å². The molecule has 0 aliphatic carbocycles. The Labute approximate surface area is 110 Å². The molecular weight excluding hydrogens is 311 g/mol. The van der Waals surface area contributed by atoms with Gasteiger partial charge < -0.3 is 10.3 Å². The zero-order valence-electron chi connectivity index (χ0n) is 9.27. The lowest BCUT2D eigenvalue weighted by Crippen LogP contribution is -2.09. The number of halogens is 4. The minimum atomic E-state index is -4.42. The molecule has 2 rings (SSSR count). The van der Waals surface area contributed by atoms with Crippen LogP contribution in [0.15, 0.2) is 28.9 Å². The van der Waals surface area contributed by atoms with Crippen molar-refractivity contribution >= 4 is 27.6 Å². The van der Waals surface area contributed by atoms with Crippen LogP contribution in [0.1, 0.15) is 11.3 Å². The van der Waals surface area contributed by atoms with Gasteiger partial charge in [-0.05, 0) is 25.1 Å². The zero-order chi connectivity index (χ0) is 13.3. The van der Waals surface area contributed by atoms with Crippen molar-refractivity contribution in [2.45, 2.75) is 13.1 Å². The molecule has 7 heteroatoms. The van der Waals surface area contributed by atoms with Crippen molar-refractivity contribution in [2.75, 3.05) is 5.32 Å². The van der Waals surface area contributed by atoms with Gasteiger partial charge in [-0.1, -0.05) is 15.9 Å². The van der Waals surface area contributed by atoms with E-state index < -0.39 is 11.7 Å². The first-order valence-electron chi connectivity index (χ1n) is 5.01. The molecule has 2 N–H and O–H groups in total. The predicted octanol–water partition coefficient (Wildman–Crippen LogP) is 4.24. The summed E-state index contributed by atoms with van der Waals surface area (Å²) < 4.78 is 38.9. The Balaban J connectivity index is 2.38. The summed E-state index contributed by atoms with van der Waals surface area (Å²) in [4.78, 5) is 6.73. The molecule has 0 spiro atoms. The number of benzene rings is 1. The van der Waals surface area contributed by atoms with E-state index in [9.17, 15) is 13.2 Å². The quantitative estimate of drug-likeness (QED) is 0.869. The number of aryl methyl sites for hydroxylation is 1. The third kappa shape index (κ3) is 2.84. The van der Waals surface area contributed by atoms with Gasteiger partial charge in [0.1, 0.15) is 0 Å². The fraction of sp³-hybridized carbons (Fsp3) is 0.182. The fourth-order valence-electron chi connectivity index (χ4n) is 1.46. The van der Waals surface area contributed by atoms with Crippen LogP contribution in [0.4, 0.5) is 24.8 Å². The van der Waals surface area contributed by atoms with Gasteiger partial charge in [-0.2, -0.15) is 13.2 Å². The van der Waals surface area contributed by atoms with Crippen LogP contribution in [0.2, 0.25) is 0 Å². The highest BCUT2D eigenvalue weighted by Crippen LogP contribution is 2.37. The second kappa shape index (κ2) is 4.64. The summed E-state index contributed by atoms with van der Waals surface area (Å²) in [6, 6.07) is 3.91. The highest BCUT2D eigenvalue weighted by Gasteiger charge is 2.33. The maximum Gasteiger partial charge on any atom is 0.418 e. The molecule has 1 aromatic heterocycles. The number of alkyl halides is 3. The van der Waals surface area contributed by atoms with Gasteiger partial charge in [-0.15, -0.1) is 0 Å². The number of H-pyrrole nitrogens is 1. The van der Waals surface area contributed by atoms with Gasteiger partial charge >= 0.3 is 6.18 Å². The van der Waals surface area contributed by atoms with Crippen molar-refractivity contribution in [3.63, 3.8) is 0 Å². The molecule has 0 bridgehead atoms. The minimum absolute atomic E-state index is 0.0416. The maximum atomic E-state index is 12.8. The Morgan fingerprint density at radius 3 is 2.61 bits per heavy atom. The molecule has 96 valence electrons. The molecule has 18 heavy (non-hydrogen) atoms. The van der Waals surface area contributed by atoms with Gasteiger partial charge in [0.15, 0.2) is 0 Å². The lowest BCUT2D eigenvalue weighted by molar-refractivity contribution is -0.137. The maximum absolute atomic E-state index is 12.8. The first kappa shape index (κ1) is 12.9. The summed E-state index contributed by atoms with van der Waals surface area (Å²) in [5.74, 6) is 0.278. The molecule has 1 heterocycles. The zero-order valence-corrected chi connectivity index (χ0v) is 10.9. The average molecular weight is 320 g/mol. The van der Waals surface area contributed by atoms with E-state index in [1.54, 1.807) is 6.92 Å². The van der Waals surface area contributed by atoms with E-state index in [0.717, 1.165) is 11.8 Å². The Morgan fingerprint density at radius 1 is 1.33 bits per heavy atom. The van der Waals surface area contributed by atoms with Crippen LogP contribution in [0, 0.1) is 6.92 Å². The van der Waals surface area contributed by atoms with Crippen molar-refractivity contribution in [1.82, 2.24) is 9.97 Å². The topological polar surface area (TPSA) is 40.7 Å². The van der Waals surface area contributed by atoms with E-state index >= 15 is 0 Å². The smallest absolute Gasteiger partial charge is 0.328 e. The van der Waals surface area contributed by atoms with Gasteiger partial charge in [0.25, 0.3) is 0 Å². The Hall–Kier alpha value is -1.50. The minimum Gasteiger partial charge on any atom is -0.328 e. The van der Waals surface area contributed by atoms with E-state index in [2.05, 4.69) is 31.2 Å². The predicted molar refractivity (Wildman–Crippen MR) is 65.8 cm³/mol. The molecular formula is C11H9BrF3N3. The molecule has 0 amide bonds. The van der Waals surface area contributed by atoms with E-state index in [0.29, 0.717) is 4.47 Å². The standard InChI is InChI=1S/C11H9BrF3N3/c1-6-5-16-10(17-6)18-9-3-2-7(12)4-8(9)11(13,14)15/h2-5H,1H3,(H2,16,17,18). The molecule has 0 aliphatic rings. The summed E-state index contributed by atoms with van der Waals surface area (Å²) in [5.41, 5.74) is -0.0193. The first-order valence-corrected chi connectivity index (χ1v) is 5.81. The lowest BCUT2D eigenvalue weighted by atomic mass is 10.1. The van der Waals surface area contributed by atoms with Crippen molar-refractivity contribution in [3.8, 4) is 0 Å². The number of rotatable bonds is 2. The largest absolute Gasteiger partial charge is 0.418 e. The van der Waals surface area contributed by atoms with Crippen molar-refractivity contribution in [3.05, 3.63) is 40.1 Å². The SMILES string of the molecule is Cc1cnc(Nc2ccc(Br)cc2C(F)(F)F)[nH]1. The third-order valence-corrected chi connectivity index (χ3v) is 2.74. The van der Waals surface area contributed by atoms with E-state index in [4.69, 9.17) is 0 Å². The van der Waals surface area contributed by atoms with E-state index in [1.165, 1.54) is 18.3 Å². The summed E-state index contributed by atoms with van der Waals surface area (Å²) in [6.45, 7) is 1.77. The molecule has 0 saturated carbocycles. The van der Waals surface area contributed by atoms with Crippen molar-refractivity contribution in [2.24, 2.45) is 0 Å². The van der Waals surface area contributed by atoms with Gasteiger partial charge in [0.05, 0.1) is 11.3 Å². The third-order valence-electron chi connectivity index (χ3n) is 2.24. The lowest BCUT2D eigenvalue weighted by Gasteiger charge is -2.13. The fourth-order valence-corrected chi connectivity index (χ4v) is 1.82. The number of nitrogens with one attached hydrogen (secondary N) is 2. The number of anilines is 2. The summed E-state index contributed by atoms with van der Waals surface area (Å²) in [6.07, 6.45) is -2.89. The second-order valence-corrected chi connectivity index (χ2v) is 4.64. The van der Waals surface area contributed by atoms with E-state index in [-0.39, 0.29) is 11.6 Å². The van der Waals surface area contributed by atoms with Crippen LogP contribution in [-0.4, -0.2) is 9.97 Å². The first-order chi connectivity index (χ1) is 8.36. The van der Waals surface area contributed by atoms with E-state index in [1.807, 2.05) is 0 Å². The van der Waals surface area contributed by atoms with Gasteiger partial charge in [0, 0.05) is 16.4 Å². The van der Waals surface area contributed by atoms with Crippen LogP contribution >= 0.6 is 15.9 Å². The molecule has 3 nitrogen and oxygen atoms in total. The summed E-state index contributed by atoms with van der Waals surface area (Å²) >= 11 is 3.03. The summed E-state index contributed by atoms with van der Waals surface area (Å²) in [7, 11) is 0. The van der Waals surface area contributed by atoms with Crippen molar-refractivity contribution < 1.29 is 13.2 Å². The number of hydrogen-bond donors (Lipinski definition) is 2. The van der Waals surface area contributed by atoms with Crippen LogP contribution < -0.4 is 5.32 Å².